The molecular formula is C15H20N2O4. The van der Waals surface area contributed by atoms with Crippen LogP contribution < -0.4 is 20.1 Å². The monoisotopic (exact) mass is 292 g/mol. The number of benzene rings is 1. The van der Waals surface area contributed by atoms with Crippen molar-refractivity contribution in [3.8, 4) is 11.5 Å². The van der Waals surface area contributed by atoms with Gasteiger partial charge in [0.05, 0.1) is 0 Å². The summed E-state index contributed by atoms with van der Waals surface area (Å²) < 4.78 is 16.3. The SMILES string of the molecule is COC1(C(=O)NCc2cccc3c2OCO3)CCNCC1. The minimum absolute atomic E-state index is 0.0666. The molecule has 2 N–H and O–H groups in total. The van der Waals surface area contributed by atoms with Gasteiger partial charge in [-0.15, -0.1) is 0 Å². The van der Waals surface area contributed by atoms with Crippen LogP contribution in [0.3, 0.4) is 0 Å². The first kappa shape index (κ1) is 14.2. The fourth-order valence-corrected chi connectivity index (χ4v) is 2.82. The molecule has 6 nitrogen and oxygen atoms in total. The number of ether oxygens (including phenoxy) is 3. The largest absolute Gasteiger partial charge is 0.454 e. The normalized spacial score (nSPS) is 19.3. The highest BCUT2D eigenvalue weighted by molar-refractivity contribution is 5.85. The molecule has 0 aliphatic carbocycles. The highest BCUT2D eigenvalue weighted by Gasteiger charge is 2.39. The molecule has 0 bridgehead atoms. The summed E-state index contributed by atoms with van der Waals surface area (Å²) in [7, 11) is 1.60. The minimum atomic E-state index is -0.722. The van der Waals surface area contributed by atoms with Crippen molar-refractivity contribution in [2.45, 2.75) is 25.0 Å². The number of para-hydroxylation sites is 1. The summed E-state index contributed by atoms with van der Waals surface area (Å²) in [5.74, 6) is 1.38. The zero-order chi connectivity index (χ0) is 14.7. The van der Waals surface area contributed by atoms with Crippen LogP contribution in [0.25, 0.3) is 0 Å². The van der Waals surface area contributed by atoms with Gasteiger partial charge in [0.2, 0.25) is 6.79 Å². The van der Waals surface area contributed by atoms with E-state index in [1.165, 1.54) is 0 Å². The van der Waals surface area contributed by atoms with Crippen molar-refractivity contribution in [2.24, 2.45) is 0 Å². The van der Waals surface area contributed by atoms with Crippen LogP contribution in [0.5, 0.6) is 11.5 Å². The molecule has 2 aliphatic rings. The fraction of sp³-hybridized carbons (Fsp3) is 0.533. The van der Waals surface area contributed by atoms with Gasteiger partial charge < -0.3 is 24.8 Å². The van der Waals surface area contributed by atoms with E-state index in [4.69, 9.17) is 14.2 Å². The number of nitrogens with one attached hydrogen (secondary N) is 2. The topological polar surface area (TPSA) is 68.8 Å². The second-order valence-electron chi connectivity index (χ2n) is 5.28. The van der Waals surface area contributed by atoms with Crippen LogP contribution in [0.2, 0.25) is 0 Å². The Morgan fingerprint density at radius 3 is 2.95 bits per heavy atom. The van der Waals surface area contributed by atoms with E-state index in [1.807, 2.05) is 18.2 Å². The van der Waals surface area contributed by atoms with E-state index >= 15 is 0 Å². The average molecular weight is 292 g/mol. The van der Waals surface area contributed by atoms with E-state index in [-0.39, 0.29) is 12.7 Å². The van der Waals surface area contributed by atoms with Gasteiger partial charge >= 0.3 is 0 Å². The summed E-state index contributed by atoms with van der Waals surface area (Å²) in [6, 6.07) is 5.68. The maximum atomic E-state index is 12.5. The number of rotatable bonds is 4. The molecule has 2 heterocycles. The molecular weight excluding hydrogens is 272 g/mol. The van der Waals surface area contributed by atoms with Gasteiger partial charge in [-0.1, -0.05) is 12.1 Å². The predicted octanol–water partition coefficient (Wildman–Crippen LogP) is 0.800. The van der Waals surface area contributed by atoms with Crippen LogP contribution in [0.15, 0.2) is 18.2 Å². The molecule has 3 rings (SSSR count). The molecule has 0 radical (unpaired) electrons. The zero-order valence-corrected chi connectivity index (χ0v) is 12.1. The van der Waals surface area contributed by atoms with Gasteiger partial charge in [0.15, 0.2) is 11.5 Å². The highest BCUT2D eigenvalue weighted by Crippen LogP contribution is 2.35. The molecule has 114 valence electrons. The number of methoxy groups -OCH3 is 1. The second kappa shape index (κ2) is 5.91. The van der Waals surface area contributed by atoms with Crippen molar-refractivity contribution in [3.63, 3.8) is 0 Å². The quantitative estimate of drug-likeness (QED) is 0.859. The van der Waals surface area contributed by atoms with Gasteiger partial charge in [-0.25, -0.2) is 0 Å². The average Bonchev–Trinajstić information content (AvgIpc) is 3.02. The lowest BCUT2D eigenvalue weighted by Gasteiger charge is -2.34. The highest BCUT2D eigenvalue weighted by atomic mass is 16.7. The minimum Gasteiger partial charge on any atom is -0.454 e. The molecule has 1 aromatic carbocycles. The lowest BCUT2D eigenvalue weighted by molar-refractivity contribution is -0.146. The molecule has 1 amide bonds. The Balaban J connectivity index is 1.67. The predicted molar refractivity (Wildman–Crippen MR) is 76.3 cm³/mol. The van der Waals surface area contributed by atoms with Gasteiger partial charge in [-0.2, -0.15) is 0 Å². The Hall–Kier alpha value is -1.79. The number of amides is 1. The summed E-state index contributed by atoms with van der Waals surface area (Å²) in [5.41, 5.74) is 0.194. The van der Waals surface area contributed by atoms with Crippen LogP contribution in [-0.4, -0.2) is 38.5 Å². The smallest absolute Gasteiger partial charge is 0.252 e. The lowest BCUT2D eigenvalue weighted by atomic mass is 9.91. The van der Waals surface area contributed by atoms with E-state index in [1.54, 1.807) is 7.11 Å². The van der Waals surface area contributed by atoms with E-state index < -0.39 is 5.60 Å². The Labute approximate surface area is 123 Å². The zero-order valence-electron chi connectivity index (χ0n) is 12.1. The molecule has 1 saturated heterocycles. The summed E-state index contributed by atoms with van der Waals surface area (Å²) in [5, 5.41) is 6.20. The van der Waals surface area contributed by atoms with Crippen molar-refractivity contribution in [1.82, 2.24) is 10.6 Å². The van der Waals surface area contributed by atoms with Crippen molar-refractivity contribution in [3.05, 3.63) is 23.8 Å². The summed E-state index contributed by atoms with van der Waals surface area (Å²) >= 11 is 0. The Kier molecular flexibility index (Phi) is 3.98. The van der Waals surface area contributed by atoms with E-state index in [0.29, 0.717) is 19.4 Å². The van der Waals surface area contributed by atoms with Crippen LogP contribution >= 0.6 is 0 Å². The molecule has 6 heteroatoms. The Morgan fingerprint density at radius 2 is 2.19 bits per heavy atom. The van der Waals surface area contributed by atoms with Crippen LogP contribution in [0.1, 0.15) is 18.4 Å². The third-order valence-corrected chi connectivity index (χ3v) is 4.13. The first-order valence-corrected chi connectivity index (χ1v) is 7.17. The van der Waals surface area contributed by atoms with Gasteiger partial charge in [0.25, 0.3) is 5.91 Å². The molecule has 0 spiro atoms. The van der Waals surface area contributed by atoms with Crippen LogP contribution in [0.4, 0.5) is 0 Å². The third-order valence-electron chi connectivity index (χ3n) is 4.13. The number of piperidine rings is 1. The van der Waals surface area contributed by atoms with Crippen LogP contribution in [-0.2, 0) is 16.1 Å². The summed E-state index contributed by atoms with van der Waals surface area (Å²) in [6.45, 7) is 2.22. The summed E-state index contributed by atoms with van der Waals surface area (Å²) in [6.07, 6.45) is 1.36. The number of carbonyl (C=O) groups is 1. The summed E-state index contributed by atoms with van der Waals surface area (Å²) in [4.78, 5) is 12.5. The van der Waals surface area contributed by atoms with E-state index in [9.17, 15) is 4.79 Å². The molecule has 0 unspecified atom stereocenters. The van der Waals surface area contributed by atoms with E-state index in [0.717, 1.165) is 30.2 Å². The van der Waals surface area contributed by atoms with Gasteiger partial charge in [-0.05, 0) is 32.0 Å². The molecule has 21 heavy (non-hydrogen) atoms. The van der Waals surface area contributed by atoms with Crippen LogP contribution in [0, 0.1) is 0 Å². The van der Waals surface area contributed by atoms with Gasteiger partial charge in [0, 0.05) is 19.2 Å². The molecule has 0 atom stereocenters. The van der Waals surface area contributed by atoms with Crippen molar-refractivity contribution >= 4 is 5.91 Å². The van der Waals surface area contributed by atoms with Crippen molar-refractivity contribution < 1.29 is 19.0 Å². The van der Waals surface area contributed by atoms with Gasteiger partial charge in [0.1, 0.15) is 5.60 Å². The molecule has 0 saturated carbocycles. The lowest BCUT2D eigenvalue weighted by Crippen LogP contribution is -2.53. The van der Waals surface area contributed by atoms with Crippen molar-refractivity contribution in [1.29, 1.82) is 0 Å². The Morgan fingerprint density at radius 1 is 1.38 bits per heavy atom. The fourth-order valence-electron chi connectivity index (χ4n) is 2.82. The van der Waals surface area contributed by atoms with Gasteiger partial charge in [-0.3, -0.25) is 4.79 Å². The molecule has 0 aromatic heterocycles. The number of fused-ring (bicyclic) bond motifs is 1. The Bertz CT molecular complexity index is 526. The number of hydrogen-bond acceptors (Lipinski definition) is 5. The maximum absolute atomic E-state index is 12.5. The first-order chi connectivity index (χ1) is 10.2. The molecule has 1 aromatic rings. The second-order valence-corrected chi connectivity index (χ2v) is 5.28. The third kappa shape index (κ3) is 2.69. The number of carbonyl (C=O) groups excluding carboxylic acids is 1. The van der Waals surface area contributed by atoms with Crippen molar-refractivity contribution in [2.75, 3.05) is 27.0 Å². The van der Waals surface area contributed by atoms with E-state index in [2.05, 4.69) is 10.6 Å². The molecule has 2 aliphatic heterocycles. The molecule has 1 fully saturated rings. The maximum Gasteiger partial charge on any atom is 0.252 e. The number of hydrogen-bond donors (Lipinski definition) is 2. The first-order valence-electron chi connectivity index (χ1n) is 7.17. The standard InChI is InChI=1S/C15H20N2O4/c1-19-15(5-7-16-8-6-15)14(18)17-9-11-3-2-4-12-13(11)21-10-20-12/h2-4,16H,5-10H2,1H3,(H,17,18).